The number of imidazole rings is 1. The monoisotopic (exact) mass is 372 g/mol. The number of fused-ring (bicyclic) bond motifs is 1. The predicted octanol–water partition coefficient (Wildman–Crippen LogP) is 5.30. The molecule has 6 heteroatoms. The number of aromatic nitrogens is 4. The van der Waals surface area contributed by atoms with Crippen LogP contribution in [0.25, 0.3) is 22.4 Å². The lowest BCUT2D eigenvalue weighted by atomic mass is 10.1. The topological polar surface area (TPSA) is 52.8 Å². The first-order chi connectivity index (χ1) is 12.7. The molecule has 2 aromatic heterocycles. The number of benzene rings is 1. The lowest BCUT2D eigenvalue weighted by Gasteiger charge is -2.08. The number of rotatable bonds is 8. The molecule has 0 N–H and O–H groups in total. The third-order valence-corrected chi connectivity index (χ3v) is 4.91. The van der Waals surface area contributed by atoms with Crippen molar-refractivity contribution in [3.63, 3.8) is 0 Å². The Morgan fingerprint density at radius 3 is 2.65 bits per heavy atom. The Labute approximate surface area is 159 Å². The molecular formula is C20H25ClN4O. The highest BCUT2D eigenvalue weighted by Gasteiger charge is 2.17. The van der Waals surface area contributed by atoms with Crippen molar-refractivity contribution in [2.45, 2.75) is 52.5 Å². The summed E-state index contributed by atoms with van der Waals surface area (Å²) in [5.74, 6) is 1.77. The summed E-state index contributed by atoms with van der Waals surface area (Å²) in [4.78, 5) is 13.8. The van der Waals surface area contributed by atoms with Gasteiger partial charge in [0.1, 0.15) is 29.1 Å². The molecule has 0 fully saturated rings. The molecule has 0 atom stereocenters. The zero-order valence-corrected chi connectivity index (χ0v) is 16.4. The second-order valence-corrected chi connectivity index (χ2v) is 6.74. The Morgan fingerprint density at radius 2 is 1.96 bits per heavy atom. The third-order valence-electron chi connectivity index (χ3n) is 4.59. The Kier molecular flexibility index (Phi) is 6.09. The van der Waals surface area contributed by atoms with E-state index in [9.17, 15) is 0 Å². The quantitative estimate of drug-likeness (QED) is 0.503. The number of hydrogen-bond donors (Lipinski definition) is 0. The van der Waals surface area contributed by atoms with Crippen LogP contribution in [-0.4, -0.2) is 26.6 Å². The van der Waals surface area contributed by atoms with Gasteiger partial charge in [0.25, 0.3) is 0 Å². The third kappa shape index (κ3) is 3.68. The minimum atomic E-state index is 0.597. The van der Waals surface area contributed by atoms with Crippen LogP contribution < -0.4 is 4.74 Å². The van der Waals surface area contributed by atoms with Gasteiger partial charge in [0.15, 0.2) is 5.65 Å². The van der Waals surface area contributed by atoms with E-state index in [0.29, 0.717) is 5.02 Å². The van der Waals surface area contributed by atoms with E-state index in [4.69, 9.17) is 21.3 Å². The summed E-state index contributed by atoms with van der Waals surface area (Å²) < 4.78 is 7.47. The first-order valence-electron chi connectivity index (χ1n) is 9.23. The SMILES string of the molecule is CCCCCCn1c(CC)nc2c(-c3ccc(OC)cc3Cl)ncnc21. The van der Waals surface area contributed by atoms with E-state index in [0.717, 1.165) is 53.4 Å². The van der Waals surface area contributed by atoms with E-state index in [1.807, 2.05) is 12.1 Å². The number of hydrogen-bond acceptors (Lipinski definition) is 4. The molecule has 3 aromatic rings. The van der Waals surface area contributed by atoms with Crippen LogP contribution in [-0.2, 0) is 13.0 Å². The molecule has 0 unspecified atom stereocenters. The molecule has 0 aliphatic carbocycles. The summed E-state index contributed by atoms with van der Waals surface area (Å²) in [6.45, 7) is 5.28. The molecule has 0 radical (unpaired) electrons. The van der Waals surface area contributed by atoms with Crippen molar-refractivity contribution in [2.75, 3.05) is 7.11 Å². The molecule has 0 spiro atoms. The summed E-state index contributed by atoms with van der Waals surface area (Å²) in [6, 6.07) is 5.61. The van der Waals surface area contributed by atoms with Gasteiger partial charge in [0.2, 0.25) is 0 Å². The van der Waals surface area contributed by atoms with Crippen LogP contribution in [0.15, 0.2) is 24.5 Å². The number of nitrogens with zero attached hydrogens (tertiary/aromatic N) is 4. The normalized spacial score (nSPS) is 11.2. The Morgan fingerprint density at radius 1 is 1.12 bits per heavy atom. The van der Waals surface area contributed by atoms with E-state index >= 15 is 0 Å². The summed E-state index contributed by atoms with van der Waals surface area (Å²) in [6.07, 6.45) is 7.31. The van der Waals surface area contributed by atoms with Crippen molar-refractivity contribution in [1.29, 1.82) is 0 Å². The Hall–Kier alpha value is -2.14. The van der Waals surface area contributed by atoms with Crippen molar-refractivity contribution in [3.05, 3.63) is 35.4 Å². The molecule has 0 saturated carbocycles. The average Bonchev–Trinajstić information content (AvgIpc) is 3.03. The van der Waals surface area contributed by atoms with Gasteiger partial charge < -0.3 is 9.30 Å². The van der Waals surface area contributed by atoms with Gasteiger partial charge in [-0.3, -0.25) is 0 Å². The molecule has 2 heterocycles. The Balaban J connectivity index is 2.04. The average molecular weight is 373 g/mol. The van der Waals surface area contributed by atoms with Gasteiger partial charge in [-0.05, 0) is 24.6 Å². The second-order valence-electron chi connectivity index (χ2n) is 6.33. The molecule has 0 aliphatic rings. The van der Waals surface area contributed by atoms with Crippen LogP contribution in [0.2, 0.25) is 5.02 Å². The maximum absolute atomic E-state index is 6.47. The van der Waals surface area contributed by atoms with Crippen LogP contribution >= 0.6 is 11.6 Å². The summed E-state index contributed by atoms with van der Waals surface area (Å²) in [5.41, 5.74) is 3.31. The van der Waals surface area contributed by atoms with Crippen LogP contribution in [0.4, 0.5) is 0 Å². The number of halogens is 1. The smallest absolute Gasteiger partial charge is 0.164 e. The number of methoxy groups -OCH3 is 1. The fraction of sp³-hybridized carbons (Fsp3) is 0.450. The zero-order valence-electron chi connectivity index (χ0n) is 15.6. The first-order valence-corrected chi connectivity index (χ1v) is 9.61. The summed E-state index contributed by atoms with van der Waals surface area (Å²) >= 11 is 6.47. The van der Waals surface area contributed by atoms with Gasteiger partial charge in [-0.15, -0.1) is 0 Å². The van der Waals surface area contributed by atoms with Gasteiger partial charge in [-0.25, -0.2) is 15.0 Å². The summed E-state index contributed by atoms with van der Waals surface area (Å²) in [5, 5.41) is 0.597. The fourth-order valence-electron chi connectivity index (χ4n) is 3.20. The van der Waals surface area contributed by atoms with Crippen molar-refractivity contribution in [2.24, 2.45) is 0 Å². The van der Waals surface area contributed by atoms with E-state index in [1.165, 1.54) is 19.3 Å². The molecule has 3 rings (SSSR count). The van der Waals surface area contributed by atoms with Gasteiger partial charge in [-0.2, -0.15) is 0 Å². The first kappa shape index (κ1) is 18.6. The van der Waals surface area contributed by atoms with Crippen LogP contribution in [0.3, 0.4) is 0 Å². The molecule has 0 saturated heterocycles. The van der Waals surface area contributed by atoms with Crippen molar-refractivity contribution in [1.82, 2.24) is 19.5 Å². The van der Waals surface area contributed by atoms with Gasteiger partial charge in [-0.1, -0.05) is 44.7 Å². The maximum atomic E-state index is 6.47. The lowest BCUT2D eigenvalue weighted by molar-refractivity contribution is 0.415. The number of aryl methyl sites for hydroxylation is 2. The van der Waals surface area contributed by atoms with E-state index in [2.05, 4.69) is 28.4 Å². The maximum Gasteiger partial charge on any atom is 0.164 e. The molecule has 0 bridgehead atoms. The highest BCUT2D eigenvalue weighted by molar-refractivity contribution is 6.33. The van der Waals surface area contributed by atoms with E-state index in [1.54, 1.807) is 19.5 Å². The van der Waals surface area contributed by atoms with Gasteiger partial charge >= 0.3 is 0 Å². The molecule has 5 nitrogen and oxygen atoms in total. The highest BCUT2D eigenvalue weighted by Crippen LogP contribution is 2.33. The van der Waals surface area contributed by atoms with Crippen molar-refractivity contribution < 1.29 is 4.74 Å². The standard InChI is InChI=1S/C20H25ClN4O/c1-4-6-7-8-11-25-17(5-2)24-19-18(22-13-23-20(19)25)15-10-9-14(26-3)12-16(15)21/h9-10,12-13H,4-8,11H2,1-3H3. The zero-order chi connectivity index (χ0) is 18.5. The predicted molar refractivity (Wildman–Crippen MR) is 106 cm³/mol. The lowest BCUT2D eigenvalue weighted by Crippen LogP contribution is -2.04. The number of ether oxygens (including phenoxy) is 1. The van der Waals surface area contributed by atoms with Crippen LogP contribution in [0.5, 0.6) is 5.75 Å². The number of unbranched alkanes of at least 4 members (excludes halogenated alkanes) is 3. The van der Waals surface area contributed by atoms with E-state index in [-0.39, 0.29) is 0 Å². The minimum Gasteiger partial charge on any atom is -0.497 e. The van der Waals surface area contributed by atoms with Crippen LogP contribution in [0.1, 0.15) is 45.4 Å². The molecule has 138 valence electrons. The van der Waals surface area contributed by atoms with Crippen LogP contribution in [0, 0.1) is 0 Å². The largest absolute Gasteiger partial charge is 0.497 e. The van der Waals surface area contributed by atoms with Gasteiger partial charge in [0.05, 0.1) is 12.1 Å². The fourth-order valence-corrected chi connectivity index (χ4v) is 3.46. The second kappa shape index (κ2) is 8.49. The molecule has 0 aliphatic heterocycles. The van der Waals surface area contributed by atoms with E-state index < -0.39 is 0 Å². The molecular weight excluding hydrogens is 348 g/mol. The molecule has 0 amide bonds. The highest BCUT2D eigenvalue weighted by atomic mass is 35.5. The molecule has 1 aromatic carbocycles. The van der Waals surface area contributed by atoms with Crippen molar-refractivity contribution >= 4 is 22.8 Å². The van der Waals surface area contributed by atoms with Crippen molar-refractivity contribution in [3.8, 4) is 17.0 Å². The molecule has 26 heavy (non-hydrogen) atoms. The minimum absolute atomic E-state index is 0.597. The Bertz CT molecular complexity index is 891. The summed E-state index contributed by atoms with van der Waals surface area (Å²) in [7, 11) is 1.63. The van der Waals surface area contributed by atoms with Gasteiger partial charge in [0, 0.05) is 18.5 Å².